The van der Waals surface area contributed by atoms with Crippen LogP contribution < -0.4 is 0 Å². The third-order valence-corrected chi connectivity index (χ3v) is 4.54. The lowest BCUT2D eigenvalue weighted by Crippen LogP contribution is -2.23. The maximum Gasteiger partial charge on any atom is 0.335 e. The Hall–Kier alpha value is -0.670. The zero-order valence-electron chi connectivity index (χ0n) is 9.21. The molecule has 1 heterocycles. The van der Waals surface area contributed by atoms with Crippen LogP contribution in [0, 0.1) is 0 Å². The Labute approximate surface area is 104 Å². The van der Waals surface area contributed by atoms with Crippen molar-refractivity contribution in [1.29, 1.82) is 0 Å². The minimum Gasteiger partial charge on any atom is -0.478 e. The highest BCUT2D eigenvalue weighted by atomic mass is 35.5. The first-order valence-electron chi connectivity index (χ1n) is 5.12. The predicted molar refractivity (Wildman–Crippen MR) is 66.8 cm³/mol. The third-order valence-electron chi connectivity index (χ3n) is 2.99. The lowest BCUT2D eigenvalue weighted by atomic mass is 9.81. The molecule has 0 unspecified atom stereocenters. The van der Waals surface area contributed by atoms with E-state index in [1.165, 1.54) is 6.07 Å². The summed E-state index contributed by atoms with van der Waals surface area (Å²) in [6, 6.07) is 3.30. The number of thioether (sulfide) groups is 1. The first kappa shape index (κ1) is 11.8. The van der Waals surface area contributed by atoms with Gasteiger partial charge >= 0.3 is 5.97 Å². The van der Waals surface area contributed by atoms with Crippen LogP contribution in [-0.2, 0) is 5.41 Å². The summed E-state index contributed by atoms with van der Waals surface area (Å²) in [5, 5.41) is 9.58. The summed E-state index contributed by atoms with van der Waals surface area (Å²) < 4.78 is 0. The second kappa shape index (κ2) is 3.97. The summed E-state index contributed by atoms with van der Waals surface area (Å²) in [4.78, 5) is 12.0. The molecule has 86 valence electrons. The molecule has 0 atom stereocenters. The van der Waals surface area contributed by atoms with Crippen LogP contribution in [0.3, 0.4) is 0 Å². The zero-order valence-corrected chi connectivity index (χ0v) is 10.8. The van der Waals surface area contributed by atoms with E-state index in [0.717, 1.165) is 22.6 Å². The fourth-order valence-corrected chi connectivity index (χ4v) is 3.80. The topological polar surface area (TPSA) is 37.3 Å². The lowest BCUT2D eigenvalue weighted by Gasteiger charge is -2.32. The standard InChI is InChI=1S/C12H13ClO2S/c1-12(2)3-4-16-10-8(12)5-7(11(14)15)6-9(10)13/h5-6H,3-4H2,1-2H3,(H,14,15). The SMILES string of the molecule is CC1(C)CCSc2c(Cl)cc(C(=O)O)cc21. The molecule has 0 spiro atoms. The van der Waals surface area contributed by atoms with E-state index < -0.39 is 5.97 Å². The third kappa shape index (κ3) is 1.94. The summed E-state index contributed by atoms with van der Waals surface area (Å²) in [5.74, 6) is 0.114. The van der Waals surface area contributed by atoms with Gasteiger partial charge in [-0.25, -0.2) is 4.79 Å². The van der Waals surface area contributed by atoms with Crippen LogP contribution >= 0.6 is 23.4 Å². The summed E-state index contributed by atoms with van der Waals surface area (Å²) in [6.45, 7) is 4.26. The Bertz CT molecular complexity index is 455. The van der Waals surface area contributed by atoms with Gasteiger partial charge in [-0.15, -0.1) is 11.8 Å². The molecule has 0 saturated heterocycles. The first-order valence-corrected chi connectivity index (χ1v) is 6.48. The Kier molecular flexibility index (Phi) is 2.93. The second-order valence-corrected chi connectivity index (χ2v) is 6.13. The average Bonchev–Trinajstić information content (AvgIpc) is 2.18. The normalized spacial score (nSPS) is 17.9. The highest BCUT2D eigenvalue weighted by Crippen LogP contribution is 2.45. The van der Waals surface area contributed by atoms with Gasteiger partial charge in [0.2, 0.25) is 0 Å². The van der Waals surface area contributed by atoms with Crippen molar-refractivity contribution in [3.05, 3.63) is 28.3 Å². The number of fused-ring (bicyclic) bond motifs is 1. The molecular weight excluding hydrogens is 244 g/mol. The Morgan fingerprint density at radius 2 is 2.19 bits per heavy atom. The quantitative estimate of drug-likeness (QED) is 0.830. The van der Waals surface area contributed by atoms with Crippen molar-refractivity contribution in [3.8, 4) is 0 Å². The van der Waals surface area contributed by atoms with Gasteiger partial charge in [-0.2, -0.15) is 0 Å². The van der Waals surface area contributed by atoms with E-state index in [1.807, 2.05) is 0 Å². The van der Waals surface area contributed by atoms with E-state index in [0.29, 0.717) is 5.02 Å². The number of rotatable bonds is 1. The van der Waals surface area contributed by atoms with Gasteiger partial charge in [0, 0.05) is 4.90 Å². The average molecular weight is 257 g/mol. The van der Waals surface area contributed by atoms with Gasteiger partial charge in [0.15, 0.2) is 0 Å². The highest BCUT2D eigenvalue weighted by molar-refractivity contribution is 7.99. The summed E-state index contributed by atoms with van der Waals surface area (Å²) in [5.41, 5.74) is 1.35. The van der Waals surface area contributed by atoms with Crippen molar-refractivity contribution >= 4 is 29.3 Å². The van der Waals surface area contributed by atoms with Gasteiger partial charge < -0.3 is 5.11 Å². The van der Waals surface area contributed by atoms with Crippen molar-refractivity contribution < 1.29 is 9.90 Å². The van der Waals surface area contributed by atoms with Crippen molar-refractivity contribution in [2.75, 3.05) is 5.75 Å². The molecule has 1 aliphatic rings. The van der Waals surface area contributed by atoms with Crippen molar-refractivity contribution in [1.82, 2.24) is 0 Å². The van der Waals surface area contributed by atoms with E-state index in [2.05, 4.69) is 13.8 Å². The number of benzene rings is 1. The fourth-order valence-electron chi connectivity index (χ4n) is 1.91. The number of aromatic carboxylic acids is 1. The number of halogens is 1. The Morgan fingerprint density at radius 3 is 2.81 bits per heavy atom. The molecule has 0 bridgehead atoms. The molecule has 0 amide bonds. The van der Waals surface area contributed by atoms with Gasteiger partial charge in [-0.05, 0) is 35.3 Å². The zero-order chi connectivity index (χ0) is 11.9. The van der Waals surface area contributed by atoms with Crippen LogP contribution in [0.5, 0.6) is 0 Å². The number of carbonyl (C=O) groups is 1. The second-order valence-electron chi connectivity index (χ2n) is 4.62. The minimum absolute atomic E-state index is 0.00961. The fraction of sp³-hybridized carbons (Fsp3) is 0.417. The Balaban J connectivity index is 2.64. The van der Waals surface area contributed by atoms with Gasteiger partial charge in [-0.3, -0.25) is 0 Å². The van der Waals surface area contributed by atoms with E-state index in [9.17, 15) is 4.79 Å². The molecule has 0 aromatic heterocycles. The van der Waals surface area contributed by atoms with Crippen LogP contribution in [-0.4, -0.2) is 16.8 Å². The molecule has 1 aromatic rings. The number of carboxylic acids is 1. The molecule has 1 aliphatic heterocycles. The monoisotopic (exact) mass is 256 g/mol. The molecule has 0 saturated carbocycles. The number of carboxylic acid groups (broad SMARTS) is 1. The van der Waals surface area contributed by atoms with Crippen LogP contribution in [0.2, 0.25) is 5.02 Å². The van der Waals surface area contributed by atoms with E-state index >= 15 is 0 Å². The molecule has 0 fully saturated rings. The molecular formula is C12H13ClO2S. The highest BCUT2D eigenvalue weighted by Gasteiger charge is 2.30. The van der Waals surface area contributed by atoms with E-state index in [-0.39, 0.29) is 11.0 Å². The van der Waals surface area contributed by atoms with E-state index in [4.69, 9.17) is 16.7 Å². The Morgan fingerprint density at radius 1 is 1.50 bits per heavy atom. The number of hydrogen-bond acceptors (Lipinski definition) is 2. The van der Waals surface area contributed by atoms with Crippen LogP contribution in [0.15, 0.2) is 17.0 Å². The molecule has 1 N–H and O–H groups in total. The van der Waals surface area contributed by atoms with Crippen molar-refractivity contribution in [2.45, 2.75) is 30.6 Å². The van der Waals surface area contributed by atoms with E-state index in [1.54, 1.807) is 17.8 Å². The van der Waals surface area contributed by atoms with Gasteiger partial charge in [0.1, 0.15) is 0 Å². The smallest absolute Gasteiger partial charge is 0.335 e. The summed E-state index contributed by atoms with van der Waals surface area (Å²) in [7, 11) is 0. The predicted octanol–water partition coefficient (Wildman–Crippen LogP) is 3.81. The molecule has 1 aromatic carbocycles. The molecule has 16 heavy (non-hydrogen) atoms. The van der Waals surface area contributed by atoms with Crippen molar-refractivity contribution in [3.63, 3.8) is 0 Å². The van der Waals surface area contributed by atoms with Crippen LogP contribution in [0.25, 0.3) is 0 Å². The lowest BCUT2D eigenvalue weighted by molar-refractivity contribution is 0.0696. The molecule has 2 rings (SSSR count). The first-order chi connectivity index (χ1) is 7.42. The summed E-state index contributed by atoms with van der Waals surface area (Å²) >= 11 is 7.85. The molecule has 4 heteroatoms. The maximum atomic E-state index is 11.0. The summed E-state index contributed by atoms with van der Waals surface area (Å²) in [6.07, 6.45) is 1.05. The largest absolute Gasteiger partial charge is 0.478 e. The molecule has 0 radical (unpaired) electrons. The minimum atomic E-state index is -0.920. The number of hydrogen-bond donors (Lipinski definition) is 1. The molecule has 0 aliphatic carbocycles. The maximum absolute atomic E-state index is 11.0. The van der Waals surface area contributed by atoms with Crippen LogP contribution in [0.4, 0.5) is 0 Å². The molecule has 2 nitrogen and oxygen atoms in total. The van der Waals surface area contributed by atoms with Crippen LogP contribution in [0.1, 0.15) is 36.2 Å². The van der Waals surface area contributed by atoms with Gasteiger partial charge in [0.25, 0.3) is 0 Å². The van der Waals surface area contributed by atoms with Gasteiger partial charge in [-0.1, -0.05) is 25.4 Å². The van der Waals surface area contributed by atoms with Crippen molar-refractivity contribution in [2.24, 2.45) is 0 Å². The van der Waals surface area contributed by atoms with Gasteiger partial charge in [0.05, 0.1) is 10.6 Å².